The van der Waals surface area contributed by atoms with Crippen LogP contribution in [0.4, 0.5) is 0 Å². The standard InChI is InChI=1S/C17H30N2O2/c1-21-17(7-11-18-12-8-17)15(20)19-13-9-16(10-14-19)5-3-2-4-6-16/h18H,2-14H2,1H3. The third-order valence-electron chi connectivity index (χ3n) is 6.22. The predicted molar refractivity (Wildman–Crippen MR) is 83.2 cm³/mol. The number of hydrogen-bond acceptors (Lipinski definition) is 3. The Morgan fingerprint density at radius 3 is 2.14 bits per heavy atom. The van der Waals surface area contributed by atoms with Crippen molar-refractivity contribution in [3.63, 3.8) is 0 Å². The summed E-state index contributed by atoms with van der Waals surface area (Å²) in [5, 5.41) is 3.33. The monoisotopic (exact) mass is 294 g/mol. The zero-order chi connectivity index (χ0) is 14.8. The van der Waals surface area contributed by atoms with Crippen molar-refractivity contribution >= 4 is 5.91 Å². The second-order valence-electron chi connectivity index (χ2n) is 7.30. The number of likely N-dealkylation sites (tertiary alicyclic amines) is 1. The molecule has 4 nitrogen and oxygen atoms in total. The Balaban J connectivity index is 1.61. The van der Waals surface area contributed by atoms with Crippen LogP contribution in [-0.4, -0.2) is 49.7 Å². The van der Waals surface area contributed by atoms with E-state index in [1.165, 1.54) is 44.9 Å². The van der Waals surface area contributed by atoms with Gasteiger partial charge in [-0.3, -0.25) is 4.79 Å². The summed E-state index contributed by atoms with van der Waals surface area (Å²) in [4.78, 5) is 15.0. The minimum absolute atomic E-state index is 0.247. The van der Waals surface area contributed by atoms with Gasteiger partial charge in [0.2, 0.25) is 0 Å². The topological polar surface area (TPSA) is 41.6 Å². The molecule has 3 fully saturated rings. The van der Waals surface area contributed by atoms with Gasteiger partial charge in [0.1, 0.15) is 5.60 Å². The number of amides is 1. The molecule has 0 unspecified atom stereocenters. The zero-order valence-corrected chi connectivity index (χ0v) is 13.5. The van der Waals surface area contributed by atoms with E-state index in [0.717, 1.165) is 39.0 Å². The highest BCUT2D eigenvalue weighted by molar-refractivity contribution is 5.85. The van der Waals surface area contributed by atoms with E-state index in [1.54, 1.807) is 7.11 Å². The Labute approximate surface area is 128 Å². The first-order valence-electron chi connectivity index (χ1n) is 8.75. The first-order chi connectivity index (χ1) is 10.2. The van der Waals surface area contributed by atoms with Gasteiger partial charge in [0.05, 0.1) is 0 Å². The predicted octanol–water partition coefficient (Wildman–Crippen LogP) is 2.33. The maximum atomic E-state index is 13.0. The summed E-state index contributed by atoms with van der Waals surface area (Å²) < 4.78 is 5.70. The van der Waals surface area contributed by atoms with Gasteiger partial charge < -0.3 is 15.0 Å². The van der Waals surface area contributed by atoms with E-state index in [2.05, 4.69) is 10.2 Å². The van der Waals surface area contributed by atoms with E-state index >= 15 is 0 Å². The zero-order valence-electron chi connectivity index (χ0n) is 13.5. The SMILES string of the molecule is COC1(C(=O)N2CCC3(CCCCC3)CC2)CCNCC1. The lowest BCUT2D eigenvalue weighted by Gasteiger charge is -2.47. The van der Waals surface area contributed by atoms with E-state index in [-0.39, 0.29) is 5.91 Å². The van der Waals surface area contributed by atoms with Crippen LogP contribution in [0.1, 0.15) is 57.8 Å². The summed E-state index contributed by atoms with van der Waals surface area (Å²) in [6, 6.07) is 0. The number of ether oxygens (including phenoxy) is 1. The Hall–Kier alpha value is -0.610. The summed E-state index contributed by atoms with van der Waals surface area (Å²) in [5.41, 5.74) is 0.00566. The molecule has 0 radical (unpaired) electrons. The lowest BCUT2D eigenvalue weighted by atomic mass is 9.68. The first-order valence-corrected chi connectivity index (χ1v) is 8.75. The van der Waals surface area contributed by atoms with Crippen molar-refractivity contribution < 1.29 is 9.53 Å². The lowest BCUT2D eigenvalue weighted by Crippen LogP contribution is -2.57. The van der Waals surface area contributed by atoms with E-state index < -0.39 is 5.60 Å². The number of hydrogen-bond donors (Lipinski definition) is 1. The third-order valence-corrected chi connectivity index (χ3v) is 6.22. The molecule has 1 spiro atoms. The largest absolute Gasteiger partial charge is 0.368 e. The van der Waals surface area contributed by atoms with Crippen molar-refractivity contribution in [1.29, 1.82) is 0 Å². The first kappa shape index (κ1) is 15.3. The van der Waals surface area contributed by atoms with Gasteiger partial charge in [-0.2, -0.15) is 0 Å². The van der Waals surface area contributed by atoms with Gasteiger partial charge in [0, 0.05) is 20.2 Å². The van der Waals surface area contributed by atoms with Crippen molar-refractivity contribution in [2.75, 3.05) is 33.3 Å². The quantitative estimate of drug-likeness (QED) is 0.850. The number of nitrogens with zero attached hydrogens (tertiary/aromatic N) is 1. The van der Waals surface area contributed by atoms with Crippen LogP contribution < -0.4 is 5.32 Å². The fraction of sp³-hybridized carbons (Fsp3) is 0.941. The Morgan fingerprint density at radius 1 is 0.952 bits per heavy atom. The van der Waals surface area contributed by atoms with Crippen LogP contribution in [0.25, 0.3) is 0 Å². The van der Waals surface area contributed by atoms with E-state index in [0.29, 0.717) is 5.41 Å². The minimum atomic E-state index is -0.553. The lowest BCUT2D eigenvalue weighted by molar-refractivity contribution is -0.161. The van der Waals surface area contributed by atoms with Crippen LogP contribution in [0, 0.1) is 5.41 Å². The van der Waals surface area contributed by atoms with Gasteiger partial charge in [-0.15, -0.1) is 0 Å². The summed E-state index contributed by atoms with van der Waals surface area (Å²) in [6.45, 7) is 3.66. The highest BCUT2D eigenvalue weighted by Gasteiger charge is 2.45. The molecule has 1 aliphatic carbocycles. The van der Waals surface area contributed by atoms with Crippen molar-refractivity contribution in [2.45, 2.75) is 63.4 Å². The molecule has 0 aromatic carbocycles. The maximum absolute atomic E-state index is 13.0. The maximum Gasteiger partial charge on any atom is 0.254 e. The molecular weight excluding hydrogens is 264 g/mol. The van der Waals surface area contributed by atoms with E-state index in [4.69, 9.17) is 4.74 Å². The number of piperidine rings is 2. The third kappa shape index (κ3) is 2.98. The molecule has 21 heavy (non-hydrogen) atoms. The minimum Gasteiger partial charge on any atom is -0.368 e. The van der Waals surface area contributed by atoms with E-state index in [9.17, 15) is 4.79 Å². The number of methoxy groups -OCH3 is 1. The van der Waals surface area contributed by atoms with Crippen LogP contribution in [-0.2, 0) is 9.53 Å². The molecule has 2 heterocycles. The molecule has 3 rings (SSSR count). The molecule has 0 aromatic rings. The molecule has 0 bridgehead atoms. The molecular formula is C17H30N2O2. The van der Waals surface area contributed by atoms with Gasteiger partial charge in [0.25, 0.3) is 5.91 Å². The van der Waals surface area contributed by atoms with Gasteiger partial charge >= 0.3 is 0 Å². The van der Waals surface area contributed by atoms with Crippen LogP contribution in [0.15, 0.2) is 0 Å². The van der Waals surface area contributed by atoms with Gasteiger partial charge in [-0.25, -0.2) is 0 Å². The average molecular weight is 294 g/mol. The van der Waals surface area contributed by atoms with Crippen LogP contribution >= 0.6 is 0 Å². The highest BCUT2D eigenvalue weighted by Crippen LogP contribution is 2.45. The molecule has 3 aliphatic rings. The average Bonchev–Trinajstić information content (AvgIpc) is 2.56. The summed E-state index contributed by atoms with van der Waals surface area (Å²) in [5.74, 6) is 0.247. The smallest absolute Gasteiger partial charge is 0.254 e. The molecule has 1 amide bonds. The number of rotatable bonds is 2. The molecule has 1 saturated carbocycles. The molecule has 0 aromatic heterocycles. The van der Waals surface area contributed by atoms with Gasteiger partial charge in [0.15, 0.2) is 0 Å². The van der Waals surface area contributed by atoms with Crippen LogP contribution in [0.3, 0.4) is 0 Å². The summed E-state index contributed by atoms with van der Waals surface area (Å²) in [6.07, 6.45) is 11.0. The Bertz CT molecular complexity index is 361. The Morgan fingerprint density at radius 2 is 1.57 bits per heavy atom. The van der Waals surface area contributed by atoms with Crippen molar-refractivity contribution in [3.05, 3.63) is 0 Å². The number of carbonyl (C=O) groups is 1. The second kappa shape index (κ2) is 6.25. The Kier molecular flexibility index (Phi) is 4.55. The van der Waals surface area contributed by atoms with Crippen molar-refractivity contribution in [1.82, 2.24) is 10.2 Å². The van der Waals surface area contributed by atoms with Crippen LogP contribution in [0.2, 0.25) is 0 Å². The molecule has 0 atom stereocenters. The van der Waals surface area contributed by atoms with Crippen molar-refractivity contribution in [3.8, 4) is 0 Å². The number of nitrogens with one attached hydrogen (secondary N) is 1. The fourth-order valence-corrected chi connectivity index (χ4v) is 4.61. The molecule has 4 heteroatoms. The molecule has 2 aliphatic heterocycles. The number of carbonyl (C=O) groups excluding carboxylic acids is 1. The second-order valence-corrected chi connectivity index (χ2v) is 7.30. The fourth-order valence-electron chi connectivity index (χ4n) is 4.61. The van der Waals surface area contributed by atoms with E-state index in [1.807, 2.05) is 0 Å². The molecule has 2 saturated heterocycles. The highest BCUT2D eigenvalue weighted by atomic mass is 16.5. The van der Waals surface area contributed by atoms with Gasteiger partial charge in [-0.1, -0.05) is 19.3 Å². The molecule has 1 N–H and O–H groups in total. The molecule has 120 valence electrons. The normalized spacial score (nSPS) is 28.5. The van der Waals surface area contributed by atoms with Gasteiger partial charge in [-0.05, 0) is 57.0 Å². The van der Waals surface area contributed by atoms with Crippen LogP contribution in [0.5, 0.6) is 0 Å². The summed E-state index contributed by atoms with van der Waals surface area (Å²) >= 11 is 0. The summed E-state index contributed by atoms with van der Waals surface area (Å²) in [7, 11) is 1.70. The van der Waals surface area contributed by atoms with Crippen molar-refractivity contribution in [2.24, 2.45) is 5.41 Å².